The van der Waals surface area contributed by atoms with E-state index < -0.39 is 0 Å². The van der Waals surface area contributed by atoms with Crippen LogP contribution in [0.4, 0.5) is 5.69 Å². The smallest absolute Gasteiger partial charge is 0.121 e. The molecule has 0 radical (unpaired) electrons. The lowest BCUT2D eigenvalue weighted by Crippen LogP contribution is -2.33. The van der Waals surface area contributed by atoms with Crippen molar-refractivity contribution in [1.82, 2.24) is 0 Å². The summed E-state index contributed by atoms with van der Waals surface area (Å²) in [7, 11) is 0. The molecule has 0 heterocycles. The van der Waals surface area contributed by atoms with E-state index in [0.717, 1.165) is 24.2 Å². The van der Waals surface area contributed by atoms with Gasteiger partial charge in [0, 0.05) is 17.8 Å². The maximum absolute atomic E-state index is 5.81. The molecule has 1 aliphatic rings. The fraction of sp³-hybridized carbons (Fsp3) is 0.667. The zero-order valence-electron chi connectivity index (χ0n) is 13.4. The topological polar surface area (TPSA) is 21.3 Å². The SMILES string of the molecule is CC(C)COc1cccc(NC2CC(C)CCC2C)c1. The summed E-state index contributed by atoms with van der Waals surface area (Å²) in [6, 6.07) is 9.00. The van der Waals surface area contributed by atoms with Crippen molar-refractivity contribution in [3.63, 3.8) is 0 Å². The van der Waals surface area contributed by atoms with E-state index in [2.05, 4.69) is 51.2 Å². The van der Waals surface area contributed by atoms with Gasteiger partial charge in [-0.3, -0.25) is 0 Å². The van der Waals surface area contributed by atoms with Gasteiger partial charge in [0.25, 0.3) is 0 Å². The molecule has 0 bridgehead atoms. The van der Waals surface area contributed by atoms with Crippen molar-refractivity contribution in [2.45, 2.75) is 53.0 Å². The monoisotopic (exact) mass is 275 g/mol. The van der Waals surface area contributed by atoms with Gasteiger partial charge in [0.15, 0.2) is 0 Å². The second-order valence-corrected chi connectivity index (χ2v) is 6.88. The predicted octanol–water partition coefficient (Wildman–Crippen LogP) is 4.96. The highest BCUT2D eigenvalue weighted by molar-refractivity contribution is 5.49. The van der Waals surface area contributed by atoms with E-state index in [9.17, 15) is 0 Å². The fourth-order valence-corrected chi connectivity index (χ4v) is 2.89. The Morgan fingerprint density at radius 2 is 2.05 bits per heavy atom. The molecule has 3 unspecified atom stereocenters. The third-order valence-electron chi connectivity index (χ3n) is 4.23. The Morgan fingerprint density at radius 3 is 2.80 bits per heavy atom. The van der Waals surface area contributed by atoms with Gasteiger partial charge in [-0.15, -0.1) is 0 Å². The van der Waals surface area contributed by atoms with Crippen LogP contribution in [-0.4, -0.2) is 12.6 Å². The summed E-state index contributed by atoms with van der Waals surface area (Å²) in [5.41, 5.74) is 1.19. The van der Waals surface area contributed by atoms with Crippen molar-refractivity contribution in [1.29, 1.82) is 0 Å². The highest BCUT2D eigenvalue weighted by atomic mass is 16.5. The summed E-state index contributed by atoms with van der Waals surface area (Å²) in [5, 5.41) is 3.71. The van der Waals surface area contributed by atoms with E-state index in [4.69, 9.17) is 4.74 Å². The van der Waals surface area contributed by atoms with Gasteiger partial charge in [-0.1, -0.05) is 40.2 Å². The second kappa shape index (κ2) is 7.01. The maximum Gasteiger partial charge on any atom is 0.121 e. The lowest BCUT2D eigenvalue weighted by molar-refractivity contribution is 0.270. The summed E-state index contributed by atoms with van der Waals surface area (Å²) in [6.45, 7) is 9.85. The first-order valence-corrected chi connectivity index (χ1v) is 8.04. The van der Waals surface area contributed by atoms with Crippen LogP contribution in [0.3, 0.4) is 0 Å². The van der Waals surface area contributed by atoms with Gasteiger partial charge in [0.1, 0.15) is 5.75 Å². The molecule has 0 amide bonds. The van der Waals surface area contributed by atoms with Crippen LogP contribution in [0.2, 0.25) is 0 Å². The van der Waals surface area contributed by atoms with E-state index in [1.165, 1.54) is 24.9 Å². The van der Waals surface area contributed by atoms with Gasteiger partial charge in [-0.2, -0.15) is 0 Å². The Bertz CT molecular complexity index is 416. The molecule has 1 aromatic rings. The lowest BCUT2D eigenvalue weighted by atomic mass is 9.80. The first kappa shape index (κ1) is 15.2. The third-order valence-corrected chi connectivity index (χ3v) is 4.23. The van der Waals surface area contributed by atoms with E-state index in [0.29, 0.717) is 12.0 Å². The number of nitrogens with one attached hydrogen (secondary N) is 1. The highest BCUT2D eigenvalue weighted by Gasteiger charge is 2.25. The maximum atomic E-state index is 5.81. The number of rotatable bonds is 5. The molecule has 0 aliphatic heterocycles. The van der Waals surface area contributed by atoms with Crippen LogP contribution in [0.25, 0.3) is 0 Å². The molecule has 1 N–H and O–H groups in total. The van der Waals surface area contributed by atoms with E-state index in [1.807, 2.05) is 6.07 Å². The zero-order chi connectivity index (χ0) is 14.5. The average molecular weight is 275 g/mol. The molecule has 1 fully saturated rings. The van der Waals surface area contributed by atoms with E-state index in [-0.39, 0.29) is 0 Å². The molecule has 0 aromatic heterocycles. The van der Waals surface area contributed by atoms with Crippen LogP contribution < -0.4 is 10.1 Å². The summed E-state index contributed by atoms with van der Waals surface area (Å²) < 4.78 is 5.81. The van der Waals surface area contributed by atoms with Gasteiger partial charge in [-0.25, -0.2) is 0 Å². The van der Waals surface area contributed by atoms with Crippen LogP contribution in [0.5, 0.6) is 5.75 Å². The van der Waals surface area contributed by atoms with E-state index in [1.54, 1.807) is 0 Å². The number of benzene rings is 1. The molecule has 0 saturated heterocycles. The summed E-state index contributed by atoms with van der Waals surface area (Å²) >= 11 is 0. The van der Waals surface area contributed by atoms with Crippen molar-refractivity contribution in [3.8, 4) is 5.75 Å². The minimum absolute atomic E-state index is 0.561. The summed E-state index contributed by atoms with van der Waals surface area (Å²) in [5.74, 6) is 3.13. The molecular formula is C18H29NO. The molecule has 1 aliphatic carbocycles. The first-order chi connectivity index (χ1) is 9.54. The van der Waals surface area contributed by atoms with Gasteiger partial charge >= 0.3 is 0 Å². The van der Waals surface area contributed by atoms with Crippen LogP contribution in [0.15, 0.2) is 24.3 Å². The third kappa shape index (κ3) is 4.43. The van der Waals surface area contributed by atoms with Crippen molar-refractivity contribution in [3.05, 3.63) is 24.3 Å². The number of hydrogen-bond acceptors (Lipinski definition) is 2. The standard InChI is InChI=1S/C18H29NO/c1-13(2)12-20-17-7-5-6-16(11-17)19-18-10-14(3)8-9-15(18)4/h5-7,11,13-15,18-19H,8-10,12H2,1-4H3. The van der Waals surface area contributed by atoms with Crippen LogP contribution in [0.1, 0.15) is 47.0 Å². The van der Waals surface area contributed by atoms with Gasteiger partial charge in [0.05, 0.1) is 6.61 Å². The normalized spacial score (nSPS) is 26.6. The lowest BCUT2D eigenvalue weighted by Gasteiger charge is -2.34. The molecule has 1 saturated carbocycles. The van der Waals surface area contributed by atoms with Crippen molar-refractivity contribution >= 4 is 5.69 Å². The number of hydrogen-bond donors (Lipinski definition) is 1. The van der Waals surface area contributed by atoms with Gasteiger partial charge in [0.2, 0.25) is 0 Å². The number of anilines is 1. The van der Waals surface area contributed by atoms with Crippen molar-refractivity contribution < 1.29 is 4.74 Å². The quantitative estimate of drug-likeness (QED) is 0.820. The predicted molar refractivity (Wildman–Crippen MR) is 86.4 cm³/mol. The van der Waals surface area contributed by atoms with Crippen molar-refractivity contribution in [2.75, 3.05) is 11.9 Å². The molecule has 2 heteroatoms. The first-order valence-electron chi connectivity index (χ1n) is 8.04. The molecule has 0 spiro atoms. The summed E-state index contributed by atoms with van der Waals surface area (Å²) in [6.07, 6.45) is 3.98. The average Bonchev–Trinajstić information content (AvgIpc) is 2.41. The molecular weight excluding hydrogens is 246 g/mol. The Balaban J connectivity index is 1.96. The highest BCUT2D eigenvalue weighted by Crippen LogP contribution is 2.31. The Labute approximate surface area is 123 Å². The molecule has 3 atom stereocenters. The zero-order valence-corrected chi connectivity index (χ0v) is 13.4. The molecule has 1 aromatic carbocycles. The molecule has 2 nitrogen and oxygen atoms in total. The van der Waals surface area contributed by atoms with Gasteiger partial charge < -0.3 is 10.1 Å². The van der Waals surface area contributed by atoms with Crippen LogP contribution >= 0.6 is 0 Å². The Morgan fingerprint density at radius 1 is 1.25 bits per heavy atom. The minimum atomic E-state index is 0.561. The minimum Gasteiger partial charge on any atom is -0.493 e. The fourth-order valence-electron chi connectivity index (χ4n) is 2.89. The second-order valence-electron chi connectivity index (χ2n) is 6.88. The molecule has 112 valence electrons. The van der Waals surface area contributed by atoms with E-state index >= 15 is 0 Å². The largest absolute Gasteiger partial charge is 0.493 e. The van der Waals surface area contributed by atoms with Gasteiger partial charge in [-0.05, 0) is 42.7 Å². The van der Waals surface area contributed by atoms with Crippen LogP contribution in [-0.2, 0) is 0 Å². The van der Waals surface area contributed by atoms with Crippen molar-refractivity contribution in [2.24, 2.45) is 17.8 Å². The molecule has 2 rings (SSSR count). The Kier molecular flexibility index (Phi) is 5.33. The van der Waals surface area contributed by atoms with Crippen LogP contribution in [0, 0.1) is 17.8 Å². The summed E-state index contributed by atoms with van der Waals surface area (Å²) in [4.78, 5) is 0. The number of ether oxygens (including phenoxy) is 1. The molecule has 20 heavy (non-hydrogen) atoms. The Hall–Kier alpha value is -1.18.